The van der Waals surface area contributed by atoms with E-state index in [9.17, 15) is 4.79 Å². The molecule has 0 aromatic carbocycles. The minimum Gasteiger partial charge on any atom is -0.480 e. The molecule has 14 heavy (non-hydrogen) atoms. The molecule has 5 nitrogen and oxygen atoms in total. The van der Waals surface area contributed by atoms with E-state index in [4.69, 9.17) is 10.8 Å². The zero-order chi connectivity index (χ0) is 10.7. The van der Waals surface area contributed by atoms with Crippen molar-refractivity contribution in [1.29, 1.82) is 0 Å². The summed E-state index contributed by atoms with van der Waals surface area (Å²) in [5, 5.41) is 8.92. The van der Waals surface area contributed by atoms with Gasteiger partial charge in [-0.2, -0.15) is 0 Å². The third kappa shape index (κ3) is 1.93. The molecule has 0 saturated carbocycles. The Labute approximate surface area is 82.6 Å². The molecule has 0 aliphatic heterocycles. The number of rotatable bonds is 4. The fourth-order valence-electron chi connectivity index (χ4n) is 1.37. The molecule has 78 valence electrons. The topological polar surface area (TPSA) is 81.1 Å². The largest absolute Gasteiger partial charge is 0.480 e. The summed E-state index contributed by atoms with van der Waals surface area (Å²) in [5.41, 5.74) is 5.40. The van der Waals surface area contributed by atoms with Crippen LogP contribution in [0.4, 0.5) is 0 Å². The van der Waals surface area contributed by atoms with Crippen LogP contribution in [0.1, 0.15) is 31.6 Å². The Morgan fingerprint density at radius 3 is 2.79 bits per heavy atom. The van der Waals surface area contributed by atoms with Gasteiger partial charge in [0.05, 0.1) is 0 Å². The summed E-state index contributed by atoms with van der Waals surface area (Å²) in [6.45, 7) is 4.01. The number of carbonyl (C=O) groups is 1. The van der Waals surface area contributed by atoms with Crippen LogP contribution in [0.5, 0.6) is 0 Å². The number of imidazole rings is 1. The standard InChI is InChI=1S/C9H15N3O2/c1-6(2)8-11-3-4-12(8)7(5-10)9(13)14/h3-4,6-7H,5,10H2,1-2H3,(H,13,14). The second-order valence-corrected chi connectivity index (χ2v) is 3.44. The van der Waals surface area contributed by atoms with E-state index in [0.717, 1.165) is 5.82 Å². The highest BCUT2D eigenvalue weighted by Gasteiger charge is 2.21. The molecule has 0 aliphatic carbocycles. The first-order chi connectivity index (χ1) is 6.57. The highest BCUT2D eigenvalue weighted by Crippen LogP contribution is 2.16. The van der Waals surface area contributed by atoms with Crippen molar-refractivity contribution in [3.05, 3.63) is 18.2 Å². The molecule has 1 unspecified atom stereocenters. The van der Waals surface area contributed by atoms with E-state index in [1.807, 2.05) is 13.8 Å². The maximum Gasteiger partial charge on any atom is 0.328 e. The second-order valence-electron chi connectivity index (χ2n) is 3.44. The molecule has 1 atom stereocenters. The molecule has 1 rings (SSSR count). The highest BCUT2D eigenvalue weighted by atomic mass is 16.4. The van der Waals surface area contributed by atoms with Gasteiger partial charge in [-0.05, 0) is 0 Å². The molecule has 0 amide bonds. The van der Waals surface area contributed by atoms with E-state index in [1.165, 1.54) is 0 Å². The Morgan fingerprint density at radius 1 is 1.71 bits per heavy atom. The average molecular weight is 197 g/mol. The number of carboxylic acids is 1. The van der Waals surface area contributed by atoms with Crippen molar-refractivity contribution >= 4 is 5.97 Å². The Bertz CT molecular complexity index is 320. The fourth-order valence-corrected chi connectivity index (χ4v) is 1.37. The van der Waals surface area contributed by atoms with E-state index in [-0.39, 0.29) is 12.5 Å². The summed E-state index contributed by atoms with van der Waals surface area (Å²) in [6, 6.07) is -0.713. The number of nitrogens with two attached hydrogens (primary N) is 1. The molecule has 0 fully saturated rings. The first-order valence-corrected chi connectivity index (χ1v) is 4.53. The number of hydrogen-bond donors (Lipinski definition) is 2. The van der Waals surface area contributed by atoms with Crippen molar-refractivity contribution in [2.75, 3.05) is 6.54 Å². The van der Waals surface area contributed by atoms with Gasteiger partial charge in [-0.3, -0.25) is 0 Å². The van der Waals surface area contributed by atoms with Gasteiger partial charge >= 0.3 is 5.97 Å². The molecule has 1 aromatic heterocycles. The quantitative estimate of drug-likeness (QED) is 0.740. The third-order valence-electron chi connectivity index (χ3n) is 2.06. The third-order valence-corrected chi connectivity index (χ3v) is 2.06. The fraction of sp³-hybridized carbons (Fsp3) is 0.556. The summed E-state index contributed by atoms with van der Waals surface area (Å²) in [6.07, 6.45) is 3.25. The molecule has 0 radical (unpaired) electrons. The van der Waals surface area contributed by atoms with Gasteiger partial charge in [0.15, 0.2) is 0 Å². The monoisotopic (exact) mass is 197 g/mol. The Balaban J connectivity index is 3.03. The van der Waals surface area contributed by atoms with Crippen LogP contribution in [-0.2, 0) is 4.79 Å². The molecular formula is C9H15N3O2. The minimum atomic E-state index is -0.924. The van der Waals surface area contributed by atoms with Gasteiger partial charge in [0, 0.05) is 24.9 Å². The van der Waals surface area contributed by atoms with Gasteiger partial charge in [-0.15, -0.1) is 0 Å². The number of aliphatic carboxylic acids is 1. The van der Waals surface area contributed by atoms with Crippen LogP contribution in [0.2, 0.25) is 0 Å². The van der Waals surface area contributed by atoms with E-state index >= 15 is 0 Å². The summed E-state index contributed by atoms with van der Waals surface area (Å²) < 4.78 is 1.62. The molecule has 0 aliphatic rings. The first-order valence-electron chi connectivity index (χ1n) is 4.53. The summed E-state index contributed by atoms with van der Waals surface area (Å²) >= 11 is 0. The molecule has 0 bridgehead atoms. The molecule has 0 spiro atoms. The van der Waals surface area contributed by atoms with Crippen molar-refractivity contribution in [3.8, 4) is 0 Å². The maximum atomic E-state index is 10.9. The molecule has 0 saturated heterocycles. The van der Waals surface area contributed by atoms with E-state index in [2.05, 4.69) is 4.98 Å². The van der Waals surface area contributed by atoms with Crippen molar-refractivity contribution in [3.63, 3.8) is 0 Å². The second kappa shape index (κ2) is 4.23. The van der Waals surface area contributed by atoms with Gasteiger partial charge in [0.2, 0.25) is 0 Å². The van der Waals surface area contributed by atoms with Crippen LogP contribution >= 0.6 is 0 Å². The van der Waals surface area contributed by atoms with Gasteiger partial charge in [0.25, 0.3) is 0 Å². The van der Waals surface area contributed by atoms with Gasteiger partial charge in [-0.1, -0.05) is 13.8 Å². The number of carboxylic acid groups (broad SMARTS) is 1. The van der Waals surface area contributed by atoms with Gasteiger partial charge in [-0.25, -0.2) is 9.78 Å². The van der Waals surface area contributed by atoms with Crippen molar-refractivity contribution in [2.24, 2.45) is 5.73 Å². The Hall–Kier alpha value is -1.36. The van der Waals surface area contributed by atoms with Crippen molar-refractivity contribution in [1.82, 2.24) is 9.55 Å². The van der Waals surface area contributed by atoms with Gasteiger partial charge < -0.3 is 15.4 Å². The summed E-state index contributed by atoms with van der Waals surface area (Å²) in [5.74, 6) is 0.0219. The molecule has 1 aromatic rings. The van der Waals surface area contributed by atoms with Crippen molar-refractivity contribution < 1.29 is 9.90 Å². The lowest BCUT2D eigenvalue weighted by Crippen LogP contribution is -2.28. The average Bonchev–Trinajstić information content (AvgIpc) is 2.53. The summed E-state index contributed by atoms with van der Waals surface area (Å²) in [4.78, 5) is 15.0. The van der Waals surface area contributed by atoms with Crippen LogP contribution < -0.4 is 5.73 Å². The lowest BCUT2D eigenvalue weighted by atomic mass is 10.2. The predicted molar refractivity (Wildman–Crippen MR) is 52.0 cm³/mol. The highest BCUT2D eigenvalue weighted by molar-refractivity contribution is 5.72. The predicted octanol–water partition coefficient (Wildman–Crippen LogP) is 0.591. The lowest BCUT2D eigenvalue weighted by Gasteiger charge is -2.16. The van der Waals surface area contributed by atoms with Crippen LogP contribution in [0.25, 0.3) is 0 Å². The zero-order valence-electron chi connectivity index (χ0n) is 8.34. The Kier molecular flexibility index (Phi) is 3.24. The minimum absolute atomic E-state index is 0.0748. The van der Waals surface area contributed by atoms with Crippen LogP contribution in [0, 0.1) is 0 Å². The normalized spacial score (nSPS) is 13.1. The first kappa shape index (κ1) is 10.7. The van der Waals surface area contributed by atoms with E-state index in [1.54, 1.807) is 17.0 Å². The van der Waals surface area contributed by atoms with E-state index in [0.29, 0.717) is 0 Å². The summed E-state index contributed by atoms with van der Waals surface area (Å²) in [7, 11) is 0. The van der Waals surface area contributed by atoms with Crippen molar-refractivity contribution in [2.45, 2.75) is 25.8 Å². The lowest BCUT2D eigenvalue weighted by molar-refractivity contribution is -0.140. The molecule has 3 N–H and O–H groups in total. The van der Waals surface area contributed by atoms with Crippen LogP contribution in [0.15, 0.2) is 12.4 Å². The molecule has 1 heterocycles. The van der Waals surface area contributed by atoms with Crippen LogP contribution in [0.3, 0.4) is 0 Å². The number of hydrogen-bond acceptors (Lipinski definition) is 3. The smallest absolute Gasteiger partial charge is 0.328 e. The Morgan fingerprint density at radius 2 is 2.36 bits per heavy atom. The zero-order valence-corrected chi connectivity index (χ0v) is 8.34. The maximum absolute atomic E-state index is 10.9. The van der Waals surface area contributed by atoms with E-state index < -0.39 is 12.0 Å². The number of aromatic nitrogens is 2. The molecule has 5 heteroatoms. The SMILES string of the molecule is CC(C)c1nccn1C(CN)C(=O)O. The van der Waals surface area contributed by atoms with Crippen LogP contribution in [-0.4, -0.2) is 27.2 Å². The molecular weight excluding hydrogens is 182 g/mol. The van der Waals surface area contributed by atoms with Gasteiger partial charge in [0.1, 0.15) is 11.9 Å². The number of nitrogens with zero attached hydrogens (tertiary/aromatic N) is 2.